The van der Waals surface area contributed by atoms with Gasteiger partial charge in [0.05, 0.1) is 11.0 Å². The van der Waals surface area contributed by atoms with Crippen molar-refractivity contribution in [3.63, 3.8) is 0 Å². The molecule has 0 radical (unpaired) electrons. The van der Waals surface area contributed by atoms with E-state index in [0.29, 0.717) is 6.54 Å². The van der Waals surface area contributed by atoms with Gasteiger partial charge >= 0.3 is 6.09 Å². The van der Waals surface area contributed by atoms with Gasteiger partial charge in [-0.1, -0.05) is 30.3 Å². The summed E-state index contributed by atoms with van der Waals surface area (Å²) in [4.78, 5) is 16.5. The standard InChI is InChI=1S/C21H25N3O2/c1-21(2,3)26-20(25)22-15-9-14-19-23-17-12-7-8-13-18(17)24(19)16-10-5-4-6-11-16/h4-8,10-13H,9,14-15H2,1-3H3,(H,22,25). The number of imidazole rings is 1. The Morgan fingerprint density at radius 3 is 2.50 bits per heavy atom. The van der Waals surface area contributed by atoms with Crippen molar-refractivity contribution in [2.45, 2.75) is 39.2 Å². The van der Waals surface area contributed by atoms with Gasteiger partial charge in [-0.05, 0) is 51.5 Å². The van der Waals surface area contributed by atoms with E-state index >= 15 is 0 Å². The monoisotopic (exact) mass is 351 g/mol. The second-order valence-electron chi connectivity index (χ2n) is 7.22. The van der Waals surface area contributed by atoms with Crippen molar-refractivity contribution in [2.75, 3.05) is 6.54 Å². The van der Waals surface area contributed by atoms with E-state index in [1.165, 1.54) is 0 Å². The number of para-hydroxylation sites is 3. The van der Waals surface area contributed by atoms with Gasteiger partial charge in [0.2, 0.25) is 0 Å². The lowest BCUT2D eigenvalue weighted by molar-refractivity contribution is 0.0527. The molecule has 0 bridgehead atoms. The van der Waals surface area contributed by atoms with Crippen LogP contribution in [0.1, 0.15) is 33.0 Å². The van der Waals surface area contributed by atoms with Gasteiger partial charge in [0, 0.05) is 18.7 Å². The third-order valence-electron chi connectivity index (χ3n) is 3.89. The van der Waals surface area contributed by atoms with E-state index in [1.807, 2.05) is 57.2 Å². The highest BCUT2D eigenvalue weighted by Gasteiger charge is 2.16. The molecule has 0 aliphatic rings. The molecule has 1 N–H and O–H groups in total. The quantitative estimate of drug-likeness (QED) is 0.689. The number of nitrogens with one attached hydrogen (secondary N) is 1. The third-order valence-corrected chi connectivity index (χ3v) is 3.89. The molecule has 2 aromatic carbocycles. The number of ether oxygens (including phenoxy) is 1. The van der Waals surface area contributed by atoms with Crippen molar-refractivity contribution in [1.29, 1.82) is 0 Å². The van der Waals surface area contributed by atoms with Crippen molar-refractivity contribution >= 4 is 17.1 Å². The van der Waals surface area contributed by atoms with E-state index in [9.17, 15) is 4.79 Å². The molecule has 0 fully saturated rings. The van der Waals surface area contributed by atoms with Crippen LogP contribution >= 0.6 is 0 Å². The number of amides is 1. The van der Waals surface area contributed by atoms with Crippen LogP contribution in [0.15, 0.2) is 54.6 Å². The number of fused-ring (bicyclic) bond motifs is 1. The van der Waals surface area contributed by atoms with E-state index in [0.717, 1.165) is 35.4 Å². The largest absolute Gasteiger partial charge is 0.444 e. The average Bonchev–Trinajstić information content (AvgIpc) is 2.96. The van der Waals surface area contributed by atoms with Crippen LogP contribution in [-0.2, 0) is 11.2 Å². The molecule has 0 saturated carbocycles. The van der Waals surface area contributed by atoms with Gasteiger partial charge in [0.25, 0.3) is 0 Å². The Balaban J connectivity index is 1.71. The molecule has 3 aromatic rings. The molecule has 5 nitrogen and oxygen atoms in total. The summed E-state index contributed by atoms with van der Waals surface area (Å²) in [6.07, 6.45) is 1.17. The Labute approximate surface area is 154 Å². The fourth-order valence-electron chi connectivity index (χ4n) is 2.86. The number of carbonyl (C=O) groups is 1. The lowest BCUT2D eigenvalue weighted by Crippen LogP contribution is -2.33. The molecule has 0 spiro atoms. The highest BCUT2D eigenvalue weighted by Crippen LogP contribution is 2.22. The zero-order valence-corrected chi connectivity index (χ0v) is 15.5. The first kappa shape index (κ1) is 18.0. The number of aryl methyl sites for hydroxylation is 1. The Hall–Kier alpha value is -2.82. The van der Waals surface area contributed by atoms with Crippen molar-refractivity contribution in [3.8, 4) is 5.69 Å². The van der Waals surface area contributed by atoms with Crippen LogP contribution in [0.5, 0.6) is 0 Å². The highest BCUT2D eigenvalue weighted by atomic mass is 16.6. The zero-order chi connectivity index (χ0) is 18.6. The molecular formula is C21H25N3O2. The van der Waals surface area contributed by atoms with Crippen LogP contribution in [0.2, 0.25) is 0 Å². The number of hydrogen-bond donors (Lipinski definition) is 1. The Bertz CT molecular complexity index is 879. The molecular weight excluding hydrogens is 326 g/mol. The van der Waals surface area contributed by atoms with E-state index in [2.05, 4.69) is 28.1 Å². The Morgan fingerprint density at radius 2 is 1.77 bits per heavy atom. The Morgan fingerprint density at radius 1 is 1.08 bits per heavy atom. The number of hydrogen-bond acceptors (Lipinski definition) is 3. The summed E-state index contributed by atoms with van der Waals surface area (Å²) in [5.74, 6) is 0.989. The zero-order valence-electron chi connectivity index (χ0n) is 15.5. The first-order valence-corrected chi connectivity index (χ1v) is 8.93. The summed E-state index contributed by atoms with van der Waals surface area (Å²) in [5, 5.41) is 2.80. The second kappa shape index (κ2) is 7.60. The lowest BCUT2D eigenvalue weighted by atomic mass is 10.2. The molecule has 1 aromatic heterocycles. The fraction of sp³-hybridized carbons (Fsp3) is 0.333. The number of rotatable bonds is 5. The van der Waals surface area contributed by atoms with Crippen molar-refractivity contribution in [1.82, 2.24) is 14.9 Å². The van der Waals surface area contributed by atoms with Crippen LogP contribution in [0.4, 0.5) is 4.79 Å². The van der Waals surface area contributed by atoms with Crippen LogP contribution in [0.25, 0.3) is 16.7 Å². The third kappa shape index (κ3) is 4.42. The minimum atomic E-state index is -0.481. The fourth-order valence-corrected chi connectivity index (χ4v) is 2.86. The SMILES string of the molecule is CC(C)(C)OC(=O)NCCCc1nc2ccccc2n1-c1ccccc1. The van der Waals surface area contributed by atoms with Crippen molar-refractivity contribution in [3.05, 3.63) is 60.4 Å². The summed E-state index contributed by atoms with van der Waals surface area (Å²) >= 11 is 0. The molecule has 0 unspecified atom stereocenters. The first-order chi connectivity index (χ1) is 12.4. The maximum Gasteiger partial charge on any atom is 0.407 e. The van der Waals surface area contributed by atoms with Gasteiger partial charge in [-0.15, -0.1) is 0 Å². The molecule has 0 aliphatic heterocycles. The van der Waals surface area contributed by atoms with Crippen LogP contribution in [0, 0.1) is 0 Å². The van der Waals surface area contributed by atoms with E-state index in [4.69, 9.17) is 9.72 Å². The molecule has 1 heterocycles. The summed E-state index contributed by atoms with van der Waals surface area (Å²) in [5.41, 5.74) is 2.68. The van der Waals surface area contributed by atoms with Crippen molar-refractivity contribution < 1.29 is 9.53 Å². The molecule has 5 heteroatoms. The number of carbonyl (C=O) groups excluding carboxylic acids is 1. The average molecular weight is 351 g/mol. The van der Waals surface area contributed by atoms with Gasteiger partial charge in [-0.2, -0.15) is 0 Å². The maximum absolute atomic E-state index is 11.7. The number of benzene rings is 2. The molecule has 136 valence electrons. The number of aromatic nitrogens is 2. The normalized spacial score (nSPS) is 11.5. The second-order valence-corrected chi connectivity index (χ2v) is 7.22. The number of nitrogens with zero attached hydrogens (tertiary/aromatic N) is 2. The summed E-state index contributed by atoms with van der Waals surface area (Å²) in [6.45, 7) is 6.12. The van der Waals surface area contributed by atoms with E-state index < -0.39 is 5.60 Å². The van der Waals surface area contributed by atoms with Gasteiger partial charge in [0.15, 0.2) is 0 Å². The van der Waals surface area contributed by atoms with Gasteiger partial charge in [-0.3, -0.25) is 4.57 Å². The van der Waals surface area contributed by atoms with Gasteiger partial charge < -0.3 is 10.1 Å². The predicted molar refractivity (Wildman–Crippen MR) is 104 cm³/mol. The Kier molecular flexibility index (Phi) is 5.26. The van der Waals surface area contributed by atoms with Crippen LogP contribution in [0.3, 0.4) is 0 Å². The van der Waals surface area contributed by atoms with E-state index in [1.54, 1.807) is 0 Å². The highest BCUT2D eigenvalue weighted by molar-refractivity contribution is 5.78. The summed E-state index contributed by atoms with van der Waals surface area (Å²) < 4.78 is 7.44. The molecule has 1 amide bonds. The molecule has 3 rings (SSSR count). The van der Waals surface area contributed by atoms with Crippen molar-refractivity contribution in [2.24, 2.45) is 0 Å². The molecule has 26 heavy (non-hydrogen) atoms. The molecule has 0 atom stereocenters. The summed E-state index contributed by atoms with van der Waals surface area (Å²) in [7, 11) is 0. The van der Waals surface area contributed by atoms with Gasteiger partial charge in [-0.25, -0.2) is 9.78 Å². The first-order valence-electron chi connectivity index (χ1n) is 8.93. The molecule has 0 aliphatic carbocycles. The molecule has 0 saturated heterocycles. The minimum absolute atomic E-state index is 0.380. The van der Waals surface area contributed by atoms with Crippen LogP contribution in [-0.4, -0.2) is 27.8 Å². The van der Waals surface area contributed by atoms with Gasteiger partial charge in [0.1, 0.15) is 11.4 Å². The summed E-state index contributed by atoms with van der Waals surface area (Å²) in [6, 6.07) is 18.3. The maximum atomic E-state index is 11.7. The topological polar surface area (TPSA) is 56.1 Å². The smallest absolute Gasteiger partial charge is 0.407 e. The lowest BCUT2D eigenvalue weighted by Gasteiger charge is -2.19. The predicted octanol–water partition coefficient (Wildman–Crippen LogP) is 4.48. The minimum Gasteiger partial charge on any atom is -0.444 e. The number of alkyl carbamates (subject to hydrolysis) is 1. The van der Waals surface area contributed by atoms with E-state index in [-0.39, 0.29) is 6.09 Å². The van der Waals surface area contributed by atoms with Crippen LogP contribution < -0.4 is 5.32 Å².